The maximum Gasteiger partial charge on any atom is 0.343 e. The number of nitrogens with zero attached hydrogens (tertiary/aromatic N) is 4. The van der Waals surface area contributed by atoms with Crippen LogP contribution in [0.4, 0.5) is 0 Å². The summed E-state index contributed by atoms with van der Waals surface area (Å²) in [5.74, 6) is -0.123. The molecule has 0 radical (unpaired) electrons. The van der Waals surface area contributed by atoms with Gasteiger partial charge in [-0.05, 0) is 52.9 Å². The fourth-order valence-electron chi connectivity index (χ4n) is 1.74. The zero-order chi connectivity index (χ0) is 15.5. The molecule has 0 spiro atoms. The van der Waals surface area contributed by atoms with Crippen LogP contribution in [0.1, 0.15) is 10.4 Å². The largest absolute Gasteiger partial charge is 0.423 e. The van der Waals surface area contributed by atoms with E-state index in [9.17, 15) is 4.79 Å². The molecule has 0 aliphatic carbocycles. The minimum Gasteiger partial charge on any atom is -0.423 e. The number of hydrogen-bond acceptors (Lipinski definition) is 5. The van der Waals surface area contributed by atoms with Crippen LogP contribution in [0.5, 0.6) is 5.75 Å². The van der Waals surface area contributed by atoms with Gasteiger partial charge < -0.3 is 4.74 Å². The number of carbonyl (C=O) groups excluding carboxylic acids is 1. The number of tetrazole rings is 1. The third kappa shape index (κ3) is 3.08. The third-order valence-electron chi connectivity index (χ3n) is 2.82. The van der Waals surface area contributed by atoms with Crippen molar-refractivity contribution in [2.24, 2.45) is 0 Å². The van der Waals surface area contributed by atoms with Crippen LogP contribution >= 0.6 is 23.2 Å². The first-order valence-electron chi connectivity index (χ1n) is 6.14. The lowest BCUT2D eigenvalue weighted by atomic mass is 10.2. The topological polar surface area (TPSA) is 69.9 Å². The summed E-state index contributed by atoms with van der Waals surface area (Å²) in [7, 11) is 0. The predicted octanol–water partition coefficient (Wildman–Crippen LogP) is 3.19. The molecule has 8 heteroatoms. The van der Waals surface area contributed by atoms with Gasteiger partial charge in [0.1, 0.15) is 12.1 Å². The van der Waals surface area contributed by atoms with E-state index in [1.165, 1.54) is 17.1 Å². The summed E-state index contributed by atoms with van der Waals surface area (Å²) in [5.41, 5.74) is 1.07. The van der Waals surface area contributed by atoms with E-state index in [4.69, 9.17) is 27.9 Å². The molecule has 3 rings (SSSR count). The van der Waals surface area contributed by atoms with E-state index in [1.54, 1.807) is 36.4 Å². The molecule has 110 valence electrons. The summed E-state index contributed by atoms with van der Waals surface area (Å²) in [4.78, 5) is 12.0. The number of hydrogen-bond donors (Lipinski definition) is 0. The molecule has 0 saturated carbocycles. The molecule has 0 aliphatic rings. The van der Waals surface area contributed by atoms with Crippen molar-refractivity contribution in [2.75, 3.05) is 0 Å². The van der Waals surface area contributed by atoms with E-state index in [1.807, 2.05) is 0 Å². The third-order valence-corrected chi connectivity index (χ3v) is 3.56. The lowest BCUT2D eigenvalue weighted by molar-refractivity contribution is 0.0735. The second-order valence-electron chi connectivity index (χ2n) is 4.27. The van der Waals surface area contributed by atoms with Crippen LogP contribution < -0.4 is 4.74 Å². The molecule has 3 aromatic rings. The van der Waals surface area contributed by atoms with Gasteiger partial charge in [-0.15, -0.1) is 5.10 Å². The first-order valence-corrected chi connectivity index (χ1v) is 6.90. The molecule has 0 aliphatic heterocycles. The van der Waals surface area contributed by atoms with Crippen molar-refractivity contribution in [2.45, 2.75) is 0 Å². The second-order valence-corrected chi connectivity index (χ2v) is 5.08. The smallest absolute Gasteiger partial charge is 0.343 e. The summed E-state index contributed by atoms with van der Waals surface area (Å²) in [6, 6.07) is 11.3. The zero-order valence-electron chi connectivity index (χ0n) is 11.0. The molecule has 0 N–H and O–H groups in total. The molecule has 2 aromatic carbocycles. The van der Waals surface area contributed by atoms with E-state index in [2.05, 4.69) is 15.5 Å². The Labute approximate surface area is 135 Å². The first-order chi connectivity index (χ1) is 10.6. The molecule has 0 bridgehead atoms. The Morgan fingerprint density at radius 3 is 2.45 bits per heavy atom. The normalized spacial score (nSPS) is 10.5. The summed E-state index contributed by atoms with van der Waals surface area (Å²) < 4.78 is 6.76. The van der Waals surface area contributed by atoms with Gasteiger partial charge in [0.05, 0.1) is 21.3 Å². The van der Waals surface area contributed by atoms with Gasteiger partial charge >= 0.3 is 5.97 Å². The number of carbonyl (C=O) groups is 1. The molecule has 22 heavy (non-hydrogen) atoms. The summed E-state index contributed by atoms with van der Waals surface area (Å²) in [6.07, 6.45) is 1.47. The van der Waals surface area contributed by atoms with Crippen molar-refractivity contribution in [3.63, 3.8) is 0 Å². The fourth-order valence-corrected chi connectivity index (χ4v) is 2.03. The van der Waals surface area contributed by atoms with E-state index < -0.39 is 5.97 Å². The van der Waals surface area contributed by atoms with Crippen molar-refractivity contribution in [1.29, 1.82) is 0 Å². The van der Waals surface area contributed by atoms with Gasteiger partial charge in [-0.25, -0.2) is 9.48 Å². The van der Waals surface area contributed by atoms with Gasteiger partial charge in [0, 0.05) is 0 Å². The monoisotopic (exact) mass is 334 g/mol. The predicted molar refractivity (Wildman–Crippen MR) is 80.6 cm³/mol. The lowest BCUT2D eigenvalue weighted by Gasteiger charge is -2.06. The van der Waals surface area contributed by atoms with Crippen LogP contribution in [0.25, 0.3) is 5.69 Å². The van der Waals surface area contributed by atoms with Gasteiger partial charge in [-0.2, -0.15) is 0 Å². The Balaban J connectivity index is 1.75. The van der Waals surface area contributed by atoms with Crippen molar-refractivity contribution >= 4 is 29.2 Å². The number of esters is 1. The van der Waals surface area contributed by atoms with Gasteiger partial charge in [-0.3, -0.25) is 0 Å². The van der Waals surface area contributed by atoms with Crippen LogP contribution in [-0.4, -0.2) is 26.2 Å². The summed E-state index contributed by atoms with van der Waals surface area (Å²) >= 11 is 11.7. The van der Waals surface area contributed by atoms with Gasteiger partial charge in [-0.1, -0.05) is 23.2 Å². The molecule has 1 heterocycles. The maximum absolute atomic E-state index is 12.0. The highest BCUT2D eigenvalue weighted by molar-refractivity contribution is 6.42. The Morgan fingerprint density at radius 2 is 1.82 bits per heavy atom. The average molecular weight is 335 g/mol. The van der Waals surface area contributed by atoms with Gasteiger partial charge in [0.2, 0.25) is 0 Å². The summed E-state index contributed by atoms with van der Waals surface area (Å²) in [5, 5.41) is 11.5. The molecule has 0 saturated heterocycles. The molecule has 6 nitrogen and oxygen atoms in total. The zero-order valence-corrected chi connectivity index (χ0v) is 12.5. The van der Waals surface area contributed by atoms with Crippen LogP contribution in [0.3, 0.4) is 0 Å². The quantitative estimate of drug-likeness (QED) is 0.543. The Morgan fingerprint density at radius 1 is 1.05 bits per heavy atom. The van der Waals surface area contributed by atoms with Gasteiger partial charge in [0.25, 0.3) is 0 Å². The Hall–Kier alpha value is -2.44. The number of ether oxygens (including phenoxy) is 1. The SMILES string of the molecule is O=C(Oc1ccc(-n2cnnn2)cc1)c1ccc(Cl)c(Cl)c1. The molecular weight excluding hydrogens is 327 g/mol. The standard InChI is InChI=1S/C14H8Cl2N4O2/c15-12-6-1-9(7-13(12)16)14(21)22-11-4-2-10(3-5-11)20-8-17-18-19-20/h1-8H. The van der Waals surface area contributed by atoms with Gasteiger partial charge in [0.15, 0.2) is 0 Å². The summed E-state index contributed by atoms with van der Waals surface area (Å²) in [6.45, 7) is 0. The molecule has 0 fully saturated rings. The van der Waals surface area contributed by atoms with Crippen LogP contribution in [0.2, 0.25) is 10.0 Å². The van der Waals surface area contributed by atoms with Crippen molar-refractivity contribution in [3.8, 4) is 11.4 Å². The van der Waals surface area contributed by atoms with Crippen molar-refractivity contribution < 1.29 is 9.53 Å². The van der Waals surface area contributed by atoms with Crippen molar-refractivity contribution in [3.05, 3.63) is 64.4 Å². The molecule has 0 amide bonds. The van der Waals surface area contributed by atoms with Crippen LogP contribution in [0.15, 0.2) is 48.8 Å². The number of rotatable bonds is 3. The number of halogens is 2. The number of benzene rings is 2. The maximum atomic E-state index is 12.0. The fraction of sp³-hybridized carbons (Fsp3) is 0. The number of aromatic nitrogens is 4. The average Bonchev–Trinajstić information content (AvgIpc) is 3.05. The van der Waals surface area contributed by atoms with Crippen molar-refractivity contribution in [1.82, 2.24) is 20.2 Å². The Bertz CT molecular complexity index is 804. The highest BCUT2D eigenvalue weighted by Gasteiger charge is 2.11. The second kappa shape index (κ2) is 6.13. The van der Waals surface area contributed by atoms with Crippen LogP contribution in [-0.2, 0) is 0 Å². The highest BCUT2D eigenvalue weighted by atomic mass is 35.5. The highest BCUT2D eigenvalue weighted by Crippen LogP contribution is 2.23. The Kier molecular flexibility index (Phi) is 4.04. The first kappa shape index (κ1) is 14.5. The minimum absolute atomic E-state index is 0.296. The molecular formula is C14H8Cl2N4O2. The van der Waals surface area contributed by atoms with E-state index in [0.717, 1.165) is 5.69 Å². The van der Waals surface area contributed by atoms with E-state index in [-0.39, 0.29) is 0 Å². The lowest BCUT2D eigenvalue weighted by Crippen LogP contribution is -2.08. The molecule has 0 atom stereocenters. The molecule has 0 unspecified atom stereocenters. The minimum atomic E-state index is -0.520. The van der Waals surface area contributed by atoms with E-state index >= 15 is 0 Å². The van der Waals surface area contributed by atoms with E-state index in [0.29, 0.717) is 21.4 Å². The van der Waals surface area contributed by atoms with Crippen LogP contribution in [0, 0.1) is 0 Å². The molecule has 1 aromatic heterocycles.